The Labute approximate surface area is 264 Å². The Morgan fingerprint density at radius 3 is 2.27 bits per heavy atom. The number of carboxylic acids is 2. The maximum Gasteiger partial charge on any atom is 0.490 e. The van der Waals surface area contributed by atoms with Gasteiger partial charge in [-0.05, 0) is 54.8 Å². The Hall–Kier alpha value is -4.45. The fraction of sp³-hybridized carbons (Fsp3) is 0.273. The number of rotatable bonds is 8. The number of imidazole rings is 1. The second-order valence-electron chi connectivity index (χ2n) is 10.9. The number of para-hydroxylation sites is 1. The fourth-order valence-electron chi connectivity index (χ4n) is 5.50. The van der Waals surface area contributed by atoms with Gasteiger partial charge in [0.05, 0.1) is 27.7 Å². The van der Waals surface area contributed by atoms with Gasteiger partial charge in [-0.2, -0.15) is 13.2 Å². The third kappa shape index (κ3) is 7.62. The lowest BCUT2D eigenvalue weighted by Gasteiger charge is -2.23. The molecule has 0 bridgehead atoms. The van der Waals surface area contributed by atoms with Crippen LogP contribution in [0.1, 0.15) is 42.8 Å². The third-order valence-electron chi connectivity index (χ3n) is 7.85. The number of halogens is 4. The van der Waals surface area contributed by atoms with Gasteiger partial charge in [-0.15, -0.1) is 0 Å². The Balaban J connectivity index is 0.000000515. The number of hydrogen-bond acceptors (Lipinski definition) is 5. The first-order valence-electron chi connectivity index (χ1n) is 14.2. The van der Waals surface area contributed by atoms with E-state index in [0.717, 1.165) is 56.3 Å². The summed E-state index contributed by atoms with van der Waals surface area (Å²) < 4.78 is 41.0. The van der Waals surface area contributed by atoms with Crippen LogP contribution in [0.3, 0.4) is 0 Å². The molecule has 1 fully saturated rings. The molecular weight excluding hydrogens is 655 g/mol. The van der Waals surface area contributed by atoms with E-state index >= 15 is 0 Å². The highest BCUT2D eigenvalue weighted by atomic mass is 79.9. The summed E-state index contributed by atoms with van der Waals surface area (Å²) in [7, 11) is 0. The van der Waals surface area contributed by atoms with Crippen LogP contribution in [0.5, 0.6) is 5.75 Å². The van der Waals surface area contributed by atoms with Crippen molar-refractivity contribution in [2.45, 2.75) is 51.4 Å². The van der Waals surface area contributed by atoms with Gasteiger partial charge in [0.1, 0.15) is 18.2 Å². The van der Waals surface area contributed by atoms with Gasteiger partial charge in [-0.25, -0.2) is 14.8 Å². The molecule has 0 aliphatic heterocycles. The summed E-state index contributed by atoms with van der Waals surface area (Å²) in [4.78, 5) is 30.9. The molecule has 8 nitrogen and oxygen atoms in total. The second-order valence-corrected chi connectivity index (χ2v) is 11.9. The number of hydrogen-bond donors (Lipinski definition) is 2. The first kappa shape index (κ1) is 32.0. The minimum absolute atomic E-state index is 0.352. The molecule has 0 spiro atoms. The standard InChI is InChI=1S/C31H28BrN3O3.C2HF3O2/c32-23-10-7-21(8-11-23)19-35-28-14-13-25(38-20-24-12-9-22-5-1-2-6-26(22)33-24)17-27(28)34-29(35)18-31(30(36)37)15-3-4-16-31;3-2(4,5)1(6)7/h1-2,5-14,17H,3-4,15-16,18-20H2,(H,36,37);(H,6,7). The zero-order valence-corrected chi connectivity index (χ0v) is 25.5. The Morgan fingerprint density at radius 2 is 1.60 bits per heavy atom. The molecule has 0 radical (unpaired) electrons. The smallest absolute Gasteiger partial charge is 0.487 e. The summed E-state index contributed by atoms with van der Waals surface area (Å²) in [6, 6.07) is 26.2. The fourth-order valence-corrected chi connectivity index (χ4v) is 5.76. The van der Waals surface area contributed by atoms with Crippen LogP contribution in [0, 0.1) is 5.41 Å². The van der Waals surface area contributed by atoms with Crippen molar-refractivity contribution < 1.29 is 37.7 Å². The molecule has 3 aromatic carbocycles. The molecule has 6 rings (SSSR count). The lowest BCUT2D eigenvalue weighted by atomic mass is 9.82. The first-order chi connectivity index (χ1) is 21.4. The monoisotopic (exact) mass is 683 g/mol. The van der Waals surface area contributed by atoms with Gasteiger partial charge in [0.2, 0.25) is 0 Å². The van der Waals surface area contributed by atoms with Crippen molar-refractivity contribution in [3.05, 3.63) is 100 Å². The average Bonchev–Trinajstić information content (AvgIpc) is 3.62. The largest absolute Gasteiger partial charge is 0.490 e. The van der Waals surface area contributed by atoms with E-state index in [9.17, 15) is 23.1 Å². The van der Waals surface area contributed by atoms with Crippen LogP contribution in [-0.2, 0) is 29.2 Å². The summed E-state index contributed by atoms with van der Waals surface area (Å²) in [5.41, 5.74) is 3.96. The number of nitrogens with zero attached hydrogens (tertiary/aromatic N) is 3. The number of alkyl halides is 3. The Bertz CT molecular complexity index is 1830. The number of fused-ring (bicyclic) bond motifs is 2. The molecule has 45 heavy (non-hydrogen) atoms. The van der Waals surface area contributed by atoms with E-state index in [2.05, 4.69) is 38.7 Å². The van der Waals surface area contributed by atoms with E-state index < -0.39 is 23.5 Å². The van der Waals surface area contributed by atoms with E-state index in [1.165, 1.54) is 0 Å². The highest BCUT2D eigenvalue weighted by Gasteiger charge is 2.42. The van der Waals surface area contributed by atoms with E-state index in [4.69, 9.17) is 24.6 Å². The minimum Gasteiger partial charge on any atom is -0.487 e. The van der Waals surface area contributed by atoms with Crippen LogP contribution in [0.15, 0.2) is 83.3 Å². The predicted octanol–water partition coefficient (Wildman–Crippen LogP) is 7.80. The van der Waals surface area contributed by atoms with Gasteiger partial charge in [0.15, 0.2) is 0 Å². The van der Waals surface area contributed by atoms with Crippen LogP contribution >= 0.6 is 15.9 Å². The van der Waals surface area contributed by atoms with Crippen LogP contribution in [0.2, 0.25) is 0 Å². The third-order valence-corrected chi connectivity index (χ3v) is 8.38. The number of carbonyl (C=O) groups is 2. The lowest BCUT2D eigenvalue weighted by Crippen LogP contribution is -2.31. The molecule has 12 heteroatoms. The van der Waals surface area contributed by atoms with Crippen molar-refractivity contribution in [3.8, 4) is 5.75 Å². The number of ether oxygens (including phenoxy) is 1. The average molecular weight is 685 g/mol. The van der Waals surface area contributed by atoms with Crippen molar-refractivity contribution in [3.63, 3.8) is 0 Å². The molecule has 5 aromatic rings. The molecule has 2 aromatic heterocycles. The van der Waals surface area contributed by atoms with Crippen LogP contribution in [0.4, 0.5) is 13.2 Å². The molecule has 0 unspecified atom stereocenters. The van der Waals surface area contributed by atoms with E-state index in [0.29, 0.717) is 38.2 Å². The molecule has 1 saturated carbocycles. The molecule has 0 amide bonds. The van der Waals surface area contributed by atoms with Crippen molar-refractivity contribution in [1.82, 2.24) is 14.5 Å². The normalized spacial score (nSPS) is 14.2. The zero-order valence-electron chi connectivity index (χ0n) is 23.9. The molecule has 0 atom stereocenters. The minimum atomic E-state index is -5.08. The van der Waals surface area contributed by atoms with Gasteiger partial charge in [-0.1, -0.05) is 65.2 Å². The summed E-state index contributed by atoms with van der Waals surface area (Å²) in [5.74, 6) is -1.96. The Morgan fingerprint density at radius 1 is 0.911 bits per heavy atom. The summed E-state index contributed by atoms with van der Waals surface area (Å²) >= 11 is 3.51. The summed E-state index contributed by atoms with van der Waals surface area (Å²) in [6.45, 7) is 0.973. The van der Waals surface area contributed by atoms with Gasteiger partial charge >= 0.3 is 18.1 Å². The number of aliphatic carboxylic acids is 2. The topological polar surface area (TPSA) is 115 Å². The van der Waals surface area contributed by atoms with Crippen LogP contribution in [0.25, 0.3) is 21.9 Å². The van der Waals surface area contributed by atoms with Crippen LogP contribution < -0.4 is 4.74 Å². The molecule has 2 heterocycles. The van der Waals surface area contributed by atoms with E-state index in [1.54, 1.807) is 0 Å². The number of pyridine rings is 1. The SMILES string of the molecule is O=C(O)C(F)(F)F.O=C(O)C1(Cc2nc3cc(OCc4ccc5ccccc5n4)ccc3n2Cc2ccc(Br)cc2)CCCC1. The van der Waals surface area contributed by atoms with Gasteiger partial charge in [-0.3, -0.25) is 4.79 Å². The number of aromatic nitrogens is 3. The maximum atomic E-state index is 12.3. The summed E-state index contributed by atoms with van der Waals surface area (Å²) in [5, 5.41) is 18.4. The van der Waals surface area contributed by atoms with Gasteiger partial charge < -0.3 is 19.5 Å². The van der Waals surface area contributed by atoms with Gasteiger partial charge in [0.25, 0.3) is 0 Å². The lowest BCUT2D eigenvalue weighted by molar-refractivity contribution is -0.192. The van der Waals surface area contributed by atoms with Crippen molar-refractivity contribution in [1.29, 1.82) is 0 Å². The van der Waals surface area contributed by atoms with Gasteiger partial charge in [0, 0.05) is 28.9 Å². The molecular formula is C33H29BrF3N3O5. The second kappa shape index (κ2) is 13.3. The van der Waals surface area contributed by atoms with Crippen molar-refractivity contribution >= 4 is 49.8 Å². The highest BCUT2D eigenvalue weighted by molar-refractivity contribution is 9.10. The molecule has 234 valence electrons. The summed E-state index contributed by atoms with van der Waals surface area (Å²) in [6.07, 6.45) is -1.39. The number of benzene rings is 3. The predicted molar refractivity (Wildman–Crippen MR) is 165 cm³/mol. The van der Waals surface area contributed by atoms with Crippen molar-refractivity contribution in [2.75, 3.05) is 0 Å². The van der Waals surface area contributed by atoms with E-state index in [-0.39, 0.29) is 0 Å². The molecule has 1 aliphatic rings. The molecule has 1 aliphatic carbocycles. The zero-order chi connectivity index (χ0) is 32.2. The first-order valence-corrected chi connectivity index (χ1v) is 15.0. The molecule has 2 N–H and O–H groups in total. The van der Waals surface area contributed by atoms with Crippen LogP contribution in [-0.4, -0.2) is 42.9 Å². The number of carboxylic acid groups (broad SMARTS) is 2. The molecule has 0 saturated heterocycles. The maximum absolute atomic E-state index is 12.3. The van der Waals surface area contributed by atoms with Crippen molar-refractivity contribution in [2.24, 2.45) is 5.41 Å². The quantitative estimate of drug-likeness (QED) is 0.172. The Kier molecular flexibility index (Phi) is 9.42. The highest BCUT2D eigenvalue weighted by Crippen LogP contribution is 2.41. The van der Waals surface area contributed by atoms with E-state index in [1.807, 2.05) is 60.7 Å².